The molecule has 0 unspecified atom stereocenters. The average molecular weight is 435 g/mol. The second-order valence-corrected chi connectivity index (χ2v) is 8.59. The van der Waals surface area contributed by atoms with Crippen molar-refractivity contribution >= 4 is 23.4 Å². The van der Waals surface area contributed by atoms with Gasteiger partial charge >= 0.3 is 6.09 Å². The molecule has 31 heavy (non-hydrogen) atoms. The Morgan fingerprint density at radius 2 is 2.16 bits per heavy atom. The SMILES string of the molecule is COCCN1CCC[C@H]2CN(c3ccc(N4C[C@H](CNC(C)=O)OC4=O)cc3F)C[C@H]21. The van der Waals surface area contributed by atoms with Crippen LogP contribution in [0.2, 0.25) is 0 Å². The minimum atomic E-state index is -0.525. The van der Waals surface area contributed by atoms with Crippen molar-refractivity contribution in [2.75, 3.05) is 62.8 Å². The highest BCUT2D eigenvalue weighted by Gasteiger charge is 2.40. The molecule has 3 heterocycles. The normalized spacial score (nSPS) is 26.2. The van der Waals surface area contributed by atoms with Crippen LogP contribution >= 0.6 is 0 Å². The number of amides is 2. The van der Waals surface area contributed by atoms with Crippen molar-refractivity contribution < 1.29 is 23.5 Å². The van der Waals surface area contributed by atoms with Crippen molar-refractivity contribution in [3.05, 3.63) is 24.0 Å². The summed E-state index contributed by atoms with van der Waals surface area (Å²) in [5.41, 5.74) is 1.04. The lowest BCUT2D eigenvalue weighted by Gasteiger charge is -2.36. The van der Waals surface area contributed by atoms with Crippen LogP contribution < -0.4 is 15.1 Å². The molecule has 3 aliphatic rings. The van der Waals surface area contributed by atoms with E-state index in [2.05, 4.69) is 15.1 Å². The van der Waals surface area contributed by atoms with Crippen LogP contribution in [-0.4, -0.2) is 82.0 Å². The molecule has 2 amide bonds. The van der Waals surface area contributed by atoms with Crippen LogP contribution in [0.25, 0.3) is 0 Å². The highest BCUT2D eigenvalue weighted by molar-refractivity contribution is 5.90. The van der Waals surface area contributed by atoms with Gasteiger partial charge in [-0.3, -0.25) is 14.6 Å². The maximum atomic E-state index is 15.1. The third kappa shape index (κ3) is 4.77. The largest absolute Gasteiger partial charge is 0.442 e. The van der Waals surface area contributed by atoms with Gasteiger partial charge in [-0.15, -0.1) is 0 Å². The van der Waals surface area contributed by atoms with Gasteiger partial charge in [0, 0.05) is 39.7 Å². The number of piperidine rings is 1. The average Bonchev–Trinajstić information content (AvgIpc) is 3.34. The first-order valence-electron chi connectivity index (χ1n) is 11.0. The van der Waals surface area contributed by atoms with Crippen molar-refractivity contribution in [3.63, 3.8) is 0 Å². The monoisotopic (exact) mass is 434 g/mol. The molecule has 9 heteroatoms. The molecule has 0 radical (unpaired) electrons. The number of nitrogens with zero attached hydrogens (tertiary/aromatic N) is 3. The molecule has 3 atom stereocenters. The smallest absolute Gasteiger partial charge is 0.414 e. The fourth-order valence-electron chi connectivity index (χ4n) is 4.97. The first-order chi connectivity index (χ1) is 15.0. The third-order valence-corrected chi connectivity index (χ3v) is 6.51. The maximum absolute atomic E-state index is 15.1. The van der Waals surface area contributed by atoms with Crippen LogP contribution in [0.5, 0.6) is 0 Å². The molecule has 1 aromatic rings. The molecule has 0 aromatic heterocycles. The molecule has 0 saturated carbocycles. The Labute approximate surface area is 182 Å². The molecule has 1 N–H and O–H groups in total. The van der Waals surface area contributed by atoms with Crippen molar-refractivity contribution in [3.8, 4) is 0 Å². The second-order valence-electron chi connectivity index (χ2n) is 8.59. The van der Waals surface area contributed by atoms with Gasteiger partial charge in [-0.1, -0.05) is 0 Å². The first-order valence-corrected chi connectivity index (χ1v) is 11.0. The quantitative estimate of drug-likeness (QED) is 0.706. The van der Waals surface area contributed by atoms with E-state index in [4.69, 9.17) is 9.47 Å². The Hall–Kier alpha value is -2.39. The Balaban J connectivity index is 1.42. The van der Waals surface area contributed by atoms with Crippen molar-refractivity contribution in [2.45, 2.75) is 31.9 Å². The van der Waals surface area contributed by atoms with E-state index in [0.717, 1.165) is 32.6 Å². The predicted molar refractivity (Wildman–Crippen MR) is 115 cm³/mol. The zero-order valence-corrected chi connectivity index (χ0v) is 18.2. The third-order valence-electron chi connectivity index (χ3n) is 6.51. The van der Waals surface area contributed by atoms with Crippen LogP contribution in [0.4, 0.5) is 20.6 Å². The Morgan fingerprint density at radius 3 is 2.90 bits per heavy atom. The van der Waals surface area contributed by atoms with Gasteiger partial charge in [0.05, 0.1) is 31.1 Å². The number of nitrogens with one attached hydrogen (secondary N) is 1. The van der Waals surface area contributed by atoms with E-state index >= 15 is 4.39 Å². The summed E-state index contributed by atoms with van der Waals surface area (Å²) >= 11 is 0. The number of carbonyl (C=O) groups is 2. The number of hydrogen-bond donors (Lipinski definition) is 1. The van der Waals surface area contributed by atoms with Gasteiger partial charge in [-0.2, -0.15) is 0 Å². The molecule has 0 bridgehead atoms. The molecule has 3 aliphatic heterocycles. The molecular formula is C22H31FN4O4. The van der Waals surface area contributed by atoms with Gasteiger partial charge in [0.2, 0.25) is 5.91 Å². The van der Waals surface area contributed by atoms with E-state index in [1.807, 2.05) is 0 Å². The second kappa shape index (κ2) is 9.40. The van der Waals surface area contributed by atoms with E-state index in [1.54, 1.807) is 19.2 Å². The lowest BCUT2D eigenvalue weighted by molar-refractivity contribution is -0.119. The van der Waals surface area contributed by atoms with Gasteiger partial charge in [0.25, 0.3) is 0 Å². The number of carbonyl (C=O) groups excluding carboxylic acids is 2. The Bertz CT molecular complexity index is 823. The number of halogens is 1. The number of cyclic esters (lactones) is 1. The van der Waals surface area contributed by atoms with Crippen LogP contribution in [0.3, 0.4) is 0 Å². The summed E-state index contributed by atoms with van der Waals surface area (Å²) in [5.74, 6) is 0.0161. The Kier molecular flexibility index (Phi) is 6.62. The molecule has 0 spiro atoms. The number of rotatable bonds is 7. The highest BCUT2D eigenvalue weighted by atomic mass is 19.1. The lowest BCUT2D eigenvalue weighted by atomic mass is 9.92. The molecule has 0 aliphatic carbocycles. The first kappa shape index (κ1) is 21.8. The number of fused-ring (bicyclic) bond motifs is 1. The zero-order valence-electron chi connectivity index (χ0n) is 18.2. The van der Waals surface area contributed by atoms with Gasteiger partial charge in [-0.25, -0.2) is 9.18 Å². The summed E-state index contributed by atoms with van der Waals surface area (Å²) in [6.07, 6.45) is 1.36. The van der Waals surface area contributed by atoms with Crippen molar-refractivity contribution in [1.82, 2.24) is 10.2 Å². The minimum Gasteiger partial charge on any atom is -0.442 e. The van der Waals surface area contributed by atoms with Crippen LogP contribution in [0.1, 0.15) is 19.8 Å². The van der Waals surface area contributed by atoms with Gasteiger partial charge in [-0.05, 0) is 43.5 Å². The lowest BCUT2D eigenvalue weighted by Crippen LogP contribution is -2.46. The minimum absolute atomic E-state index is 0.183. The van der Waals surface area contributed by atoms with E-state index in [1.165, 1.54) is 24.3 Å². The molecule has 170 valence electrons. The summed E-state index contributed by atoms with van der Waals surface area (Å²) in [4.78, 5) is 29.3. The van der Waals surface area contributed by atoms with Crippen LogP contribution in [0, 0.1) is 11.7 Å². The summed E-state index contributed by atoms with van der Waals surface area (Å²) in [7, 11) is 1.72. The standard InChI is InChI=1S/C22H31FN4O4/c1-15(28)24-11-18-13-27(22(29)31-18)17-5-6-20(19(23)10-17)26-12-16-4-3-7-25(8-9-30-2)21(16)14-26/h5-6,10,16,18,21H,3-4,7-9,11-14H2,1-2H3,(H,24,28)/t16-,18-,21+/m0/s1. The molecular weight excluding hydrogens is 403 g/mol. The predicted octanol–water partition coefficient (Wildman–Crippen LogP) is 1.83. The fourth-order valence-corrected chi connectivity index (χ4v) is 4.97. The molecule has 3 fully saturated rings. The van der Waals surface area contributed by atoms with Gasteiger partial charge in [0.15, 0.2) is 0 Å². The van der Waals surface area contributed by atoms with E-state index < -0.39 is 12.2 Å². The van der Waals surface area contributed by atoms with Gasteiger partial charge < -0.3 is 19.7 Å². The number of methoxy groups -OCH3 is 1. The Morgan fingerprint density at radius 1 is 1.32 bits per heavy atom. The maximum Gasteiger partial charge on any atom is 0.414 e. The van der Waals surface area contributed by atoms with Crippen LogP contribution in [-0.2, 0) is 14.3 Å². The molecule has 3 saturated heterocycles. The van der Waals surface area contributed by atoms with E-state index in [0.29, 0.717) is 29.9 Å². The molecule has 1 aromatic carbocycles. The number of benzene rings is 1. The highest BCUT2D eigenvalue weighted by Crippen LogP contribution is 2.35. The van der Waals surface area contributed by atoms with E-state index in [9.17, 15) is 9.59 Å². The number of likely N-dealkylation sites (tertiary alicyclic amines) is 1. The number of hydrogen-bond acceptors (Lipinski definition) is 6. The number of anilines is 2. The topological polar surface area (TPSA) is 74.3 Å². The summed E-state index contributed by atoms with van der Waals surface area (Å²) in [6.45, 7) is 6.26. The zero-order chi connectivity index (χ0) is 22.0. The van der Waals surface area contributed by atoms with Gasteiger partial charge in [0.1, 0.15) is 11.9 Å². The van der Waals surface area contributed by atoms with Crippen molar-refractivity contribution in [1.29, 1.82) is 0 Å². The number of ether oxygens (including phenoxy) is 2. The summed E-state index contributed by atoms with van der Waals surface area (Å²) < 4.78 is 25.6. The van der Waals surface area contributed by atoms with Crippen molar-refractivity contribution in [2.24, 2.45) is 5.92 Å². The fraction of sp³-hybridized carbons (Fsp3) is 0.636. The van der Waals surface area contributed by atoms with Crippen LogP contribution in [0.15, 0.2) is 18.2 Å². The molecule has 4 rings (SSSR count). The summed E-state index contributed by atoms with van der Waals surface area (Å²) in [6, 6.07) is 5.36. The summed E-state index contributed by atoms with van der Waals surface area (Å²) in [5, 5.41) is 2.64. The van der Waals surface area contributed by atoms with E-state index in [-0.39, 0.29) is 24.8 Å². The molecule has 8 nitrogen and oxygen atoms in total.